The van der Waals surface area contributed by atoms with Crippen molar-refractivity contribution in [2.75, 3.05) is 0 Å². The van der Waals surface area contributed by atoms with Gasteiger partial charge in [-0.25, -0.2) is 8.78 Å². The molecule has 22 heavy (non-hydrogen) atoms. The van der Waals surface area contributed by atoms with E-state index in [1.165, 1.54) is 24.3 Å². The van der Waals surface area contributed by atoms with Crippen molar-refractivity contribution < 1.29 is 18.4 Å². The van der Waals surface area contributed by atoms with E-state index in [0.717, 1.165) is 12.1 Å². The van der Waals surface area contributed by atoms with Gasteiger partial charge in [-0.05, 0) is 42.0 Å². The van der Waals surface area contributed by atoms with Crippen LogP contribution in [0.5, 0.6) is 0 Å². The lowest BCUT2D eigenvalue weighted by molar-refractivity contribution is 0.0868. The molecule has 0 saturated carbocycles. The summed E-state index contributed by atoms with van der Waals surface area (Å²) in [6, 6.07) is 6.51. The largest absolute Gasteiger partial charge is 0.341 e. The van der Waals surface area contributed by atoms with E-state index in [0.29, 0.717) is 11.1 Å². The molecule has 0 bridgehead atoms. The van der Waals surface area contributed by atoms with Gasteiger partial charge in [0.25, 0.3) is 5.91 Å². The minimum atomic E-state index is -0.773. The molecule has 1 atom stereocenters. The maximum atomic E-state index is 13.2. The van der Waals surface area contributed by atoms with Crippen LogP contribution in [0.2, 0.25) is 5.02 Å². The van der Waals surface area contributed by atoms with Crippen molar-refractivity contribution in [2.24, 2.45) is 0 Å². The molecule has 2 aromatic rings. The summed E-state index contributed by atoms with van der Waals surface area (Å²) in [4.78, 5) is 24.3. The highest BCUT2D eigenvalue weighted by Crippen LogP contribution is 2.24. The van der Waals surface area contributed by atoms with Crippen LogP contribution in [0.25, 0.3) is 0 Å². The Labute approximate surface area is 129 Å². The van der Waals surface area contributed by atoms with Gasteiger partial charge in [0.15, 0.2) is 5.78 Å². The number of rotatable bonds is 2. The molecule has 0 aromatic heterocycles. The second-order valence-corrected chi connectivity index (χ2v) is 5.43. The number of nitrogens with one attached hydrogen (secondary N) is 1. The van der Waals surface area contributed by atoms with Gasteiger partial charge in [0, 0.05) is 12.0 Å². The Balaban J connectivity index is 1.80. The van der Waals surface area contributed by atoms with E-state index in [1.54, 1.807) is 0 Å². The molecular formula is C16H10ClF2NO2. The topological polar surface area (TPSA) is 46.2 Å². The molecule has 1 amide bonds. The number of fused-ring (bicyclic) bond motifs is 1. The molecule has 3 rings (SSSR count). The normalized spacial score (nSPS) is 16.5. The van der Waals surface area contributed by atoms with Gasteiger partial charge in [-0.2, -0.15) is 0 Å². The Morgan fingerprint density at radius 1 is 1.14 bits per heavy atom. The summed E-state index contributed by atoms with van der Waals surface area (Å²) in [6.45, 7) is 0. The molecule has 1 N–H and O–H groups in total. The lowest BCUT2D eigenvalue weighted by Crippen LogP contribution is -2.39. The number of Topliss-reactive ketones (excluding diaryl/α,β-unsaturated/α-hetero) is 1. The number of hydrogen-bond acceptors (Lipinski definition) is 2. The van der Waals surface area contributed by atoms with Crippen LogP contribution < -0.4 is 5.32 Å². The number of amides is 1. The summed E-state index contributed by atoms with van der Waals surface area (Å²) in [6.07, 6.45) is 0.219. The van der Waals surface area contributed by atoms with E-state index >= 15 is 0 Å². The molecule has 1 aliphatic rings. The monoisotopic (exact) mass is 321 g/mol. The summed E-state index contributed by atoms with van der Waals surface area (Å²) in [5, 5.41) is 2.52. The zero-order chi connectivity index (χ0) is 15.9. The zero-order valence-corrected chi connectivity index (χ0v) is 12.0. The van der Waals surface area contributed by atoms with E-state index in [9.17, 15) is 18.4 Å². The van der Waals surface area contributed by atoms with Gasteiger partial charge in [-0.15, -0.1) is 0 Å². The Morgan fingerprint density at radius 3 is 2.55 bits per heavy atom. The fourth-order valence-corrected chi connectivity index (χ4v) is 2.75. The molecule has 3 nitrogen and oxygen atoms in total. The Bertz CT molecular complexity index is 792. The quantitative estimate of drug-likeness (QED) is 0.923. The molecule has 0 fully saturated rings. The van der Waals surface area contributed by atoms with Crippen molar-refractivity contribution in [3.63, 3.8) is 0 Å². The highest BCUT2D eigenvalue weighted by molar-refractivity contribution is 6.33. The van der Waals surface area contributed by atoms with E-state index < -0.39 is 23.6 Å². The second-order valence-electron chi connectivity index (χ2n) is 5.02. The predicted molar refractivity (Wildman–Crippen MR) is 77.1 cm³/mol. The van der Waals surface area contributed by atoms with Gasteiger partial charge >= 0.3 is 0 Å². The lowest BCUT2D eigenvalue weighted by Gasteiger charge is -2.11. The zero-order valence-electron chi connectivity index (χ0n) is 11.2. The first-order valence-corrected chi connectivity index (χ1v) is 6.92. The first-order valence-electron chi connectivity index (χ1n) is 6.54. The minimum Gasteiger partial charge on any atom is -0.341 e. The van der Waals surface area contributed by atoms with Crippen LogP contribution >= 0.6 is 11.6 Å². The molecule has 1 unspecified atom stereocenters. The number of carbonyl (C=O) groups is 2. The third-order valence-electron chi connectivity index (χ3n) is 3.55. The van der Waals surface area contributed by atoms with Crippen LogP contribution in [0.4, 0.5) is 8.78 Å². The summed E-state index contributed by atoms with van der Waals surface area (Å²) >= 11 is 5.82. The molecule has 0 heterocycles. The molecule has 6 heteroatoms. The number of hydrogen-bond donors (Lipinski definition) is 1. The van der Waals surface area contributed by atoms with Crippen LogP contribution in [-0.2, 0) is 6.42 Å². The lowest BCUT2D eigenvalue weighted by atomic mass is 10.1. The summed E-state index contributed by atoms with van der Waals surface area (Å²) in [5.74, 6) is -1.83. The standard InChI is InChI=1S/C16H10ClF2NO2/c17-13-7-10(19)2-4-12(13)16(22)20-14-6-8-5-9(18)1-3-11(8)15(14)21/h1-5,7,14H,6H2,(H,20,22). The third-order valence-corrected chi connectivity index (χ3v) is 3.87. The van der Waals surface area contributed by atoms with Crippen molar-refractivity contribution in [2.45, 2.75) is 12.5 Å². The predicted octanol–water partition coefficient (Wildman–Crippen LogP) is 3.16. The molecule has 0 saturated heterocycles. The van der Waals surface area contributed by atoms with Crippen molar-refractivity contribution in [3.05, 3.63) is 69.7 Å². The van der Waals surface area contributed by atoms with E-state index in [4.69, 9.17) is 11.6 Å². The van der Waals surface area contributed by atoms with E-state index in [2.05, 4.69) is 5.32 Å². The van der Waals surface area contributed by atoms with Crippen molar-refractivity contribution in [1.82, 2.24) is 5.32 Å². The highest BCUT2D eigenvalue weighted by atomic mass is 35.5. The number of benzene rings is 2. The minimum absolute atomic E-state index is 0.0356. The van der Waals surface area contributed by atoms with Crippen LogP contribution in [0, 0.1) is 11.6 Å². The van der Waals surface area contributed by atoms with Crippen molar-refractivity contribution >= 4 is 23.3 Å². The van der Waals surface area contributed by atoms with Gasteiger partial charge in [-0.3, -0.25) is 9.59 Å². The number of ketones is 1. The molecule has 112 valence electrons. The van der Waals surface area contributed by atoms with Gasteiger partial charge in [-0.1, -0.05) is 11.6 Å². The molecule has 2 aromatic carbocycles. The Kier molecular flexibility index (Phi) is 3.66. The van der Waals surface area contributed by atoms with Crippen LogP contribution in [0.3, 0.4) is 0 Å². The van der Waals surface area contributed by atoms with Gasteiger partial charge in [0.1, 0.15) is 11.6 Å². The fourth-order valence-electron chi connectivity index (χ4n) is 2.50. The van der Waals surface area contributed by atoms with Gasteiger partial charge < -0.3 is 5.32 Å². The summed E-state index contributed by atoms with van der Waals surface area (Å²) in [7, 11) is 0. The van der Waals surface area contributed by atoms with Crippen LogP contribution in [0.15, 0.2) is 36.4 Å². The maximum absolute atomic E-state index is 13.2. The molecule has 0 spiro atoms. The van der Waals surface area contributed by atoms with Crippen molar-refractivity contribution in [3.8, 4) is 0 Å². The Morgan fingerprint density at radius 2 is 1.82 bits per heavy atom. The SMILES string of the molecule is O=C(NC1Cc2cc(F)ccc2C1=O)c1ccc(F)cc1Cl. The van der Waals surface area contributed by atoms with Crippen molar-refractivity contribution in [1.29, 1.82) is 0 Å². The van der Waals surface area contributed by atoms with E-state index in [1.807, 2.05) is 0 Å². The van der Waals surface area contributed by atoms with Gasteiger partial charge in [0.05, 0.1) is 16.6 Å². The first-order chi connectivity index (χ1) is 10.5. The average Bonchev–Trinajstić information content (AvgIpc) is 2.74. The first kappa shape index (κ1) is 14.7. The second kappa shape index (κ2) is 5.50. The van der Waals surface area contributed by atoms with Crippen LogP contribution in [0.1, 0.15) is 26.3 Å². The average molecular weight is 322 g/mol. The van der Waals surface area contributed by atoms with E-state index in [-0.39, 0.29) is 22.8 Å². The fraction of sp³-hybridized carbons (Fsp3) is 0.125. The summed E-state index contributed by atoms with van der Waals surface area (Å²) < 4.78 is 26.2. The number of halogens is 3. The maximum Gasteiger partial charge on any atom is 0.253 e. The molecular weight excluding hydrogens is 312 g/mol. The Hall–Kier alpha value is -2.27. The third kappa shape index (κ3) is 2.60. The number of carbonyl (C=O) groups excluding carboxylic acids is 2. The van der Waals surface area contributed by atoms with Gasteiger partial charge in [0.2, 0.25) is 0 Å². The molecule has 0 aliphatic heterocycles. The highest BCUT2D eigenvalue weighted by Gasteiger charge is 2.32. The summed E-state index contributed by atoms with van der Waals surface area (Å²) in [5.41, 5.74) is 1.04. The molecule has 1 aliphatic carbocycles. The van der Waals surface area contributed by atoms with Crippen LogP contribution in [-0.4, -0.2) is 17.7 Å². The molecule has 0 radical (unpaired) electrons. The smallest absolute Gasteiger partial charge is 0.253 e.